The van der Waals surface area contributed by atoms with Crippen LogP contribution in [0.5, 0.6) is 0 Å². The highest BCUT2D eigenvalue weighted by Crippen LogP contribution is 2.29. The molecule has 0 heterocycles. The molecule has 0 amide bonds. The van der Waals surface area contributed by atoms with Crippen LogP contribution < -0.4 is 0 Å². The van der Waals surface area contributed by atoms with Crippen molar-refractivity contribution in [3.63, 3.8) is 0 Å². The summed E-state index contributed by atoms with van der Waals surface area (Å²) in [7, 11) is 0. The molecule has 0 nitrogen and oxygen atoms in total. The van der Waals surface area contributed by atoms with Crippen molar-refractivity contribution >= 4 is 0 Å². The van der Waals surface area contributed by atoms with Crippen LogP contribution in [-0.2, 0) is 12.6 Å². The molecule has 84 valence electrons. The summed E-state index contributed by atoms with van der Waals surface area (Å²) in [5.41, 5.74) is -0.272. The van der Waals surface area contributed by atoms with Crippen molar-refractivity contribution < 1.29 is 22.0 Å². The topological polar surface area (TPSA) is 0 Å². The van der Waals surface area contributed by atoms with Gasteiger partial charge in [-0.15, -0.1) is 0 Å². The number of hydrogen-bond acceptors (Lipinski definition) is 0. The van der Waals surface area contributed by atoms with E-state index in [4.69, 9.17) is 0 Å². The SMILES string of the molecule is FC(F)CCc1ccc(C(F)(F)F)cc1. The minimum atomic E-state index is -4.37. The van der Waals surface area contributed by atoms with Crippen molar-refractivity contribution in [1.82, 2.24) is 0 Å². The number of alkyl halides is 5. The van der Waals surface area contributed by atoms with Crippen molar-refractivity contribution in [2.45, 2.75) is 25.4 Å². The van der Waals surface area contributed by atoms with Crippen LogP contribution in [0.4, 0.5) is 22.0 Å². The quantitative estimate of drug-likeness (QED) is 0.683. The van der Waals surface area contributed by atoms with Crippen LogP contribution in [0.1, 0.15) is 17.5 Å². The molecular formula is C10H9F5. The molecule has 0 aliphatic rings. The van der Waals surface area contributed by atoms with Gasteiger partial charge in [-0.3, -0.25) is 0 Å². The zero-order chi connectivity index (χ0) is 11.5. The molecule has 5 heteroatoms. The number of aryl methyl sites for hydroxylation is 1. The summed E-state index contributed by atoms with van der Waals surface area (Å²) < 4.78 is 60.0. The van der Waals surface area contributed by atoms with E-state index < -0.39 is 18.2 Å². The van der Waals surface area contributed by atoms with E-state index in [1.165, 1.54) is 12.1 Å². The van der Waals surface area contributed by atoms with E-state index in [1.807, 2.05) is 0 Å². The molecule has 0 saturated heterocycles. The van der Waals surface area contributed by atoms with Crippen LogP contribution in [-0.4, -0.2) is 6.43 Å². The maximum atomic E-state index is 12.1. The Labute approximate surface area is 83.7 Å². The fourth-order valence-corrected chi connectivity index (χ4v) is 1.14. The Balaban J connectivity index is 2.65. The van der Waals surface area contributed by atoms with Crippen molar-refractivity contribution in [2.24, 2.45) is 0 Å². The van der Waals surface area contributed by atoms with Gasteiger partial charge < -0.3 is 0 Å². The molecule has 0 bridgehead atoms. The number of halogens is 5. The first-order chi connectivity index (χ1) is 6.89. The van der Waals surface area contributed by atoms with Gasteiger partial charge in [0.2, 0.25) is 6.43 Å². The van der Waals surface area contributed by atoms with E-state index in [0.29, 0.717) is 5.56 Å². The van der Waals surface area contributed by atoms with Crippen molar-refractivity contribution in [1.29, 1.82) is 0 Å². The summed E-state index contributed by atoms with van der Waals surface area (Å²) in [4.78, 5) is 0. The van der Waals surface area contributed by atoms with Gasteiger partial charge in [0.05, 0.1) is 5.56 Å². The van der Waals surface area contributed by atoms with Crippen LogP contribution in [0.2, 0.25) is 0 Å². The normalized spacial score (nSPS) is 12.1. The summed E-state index contributed by atoms with van der Waals surface area (Å²) in [5.74, 6) is 0. The second-order valence-corrected chi connectivity index (χ2v) is 3.12. The molecule has 0 spiro atoms. The third-order valence-corrected chi connectivity index (χ3v) is 1.93. The molecule has 15 heavy (non-hydrogen) atoms. The van der Waals surface area contributed by atoms with Crippen molar-refractivity contribution in [3.8, 4) is 0 Å². The molecule has 0 saturated carbocycles. The molecule has 0 atom stereocenters. The average molecular weight is 224 g/mol. The second-order valence-electron chi connectivity index (χ2n) is 3.12. The van der Waals surface area contributed by atoms with Crippen LogP contribution in [0.3, 0.4) is 0 Å². The van der Waals surface area contributed by atoms with Crippen LogP contribution >= 0.6 is 0 Å². The van der Waals surface area contributed by atoms with Gasteiger partial charge in [-0.2, -0.15) is 13.2 Å². The molecule has 1 aromatic rings. The van der Waals surface area contributed by atoms with E-state index in [1.54, 1.807) is 0 Å². The molecule has 0 unspecified atom stereocenters. The molecule has 0 aromatic heterocycles. The van der Waals surface area contributed by atoms with Gasteiger partial charge in [-0.25, -0.2) is 8.78 Å². The molecular weight excluding hydrogens is 215 g/mol. The summed E-state index contributed by atoms with van der Waals surface area (Å²) in [6.45, 7) is 0. The van der Waals surface area contributed by atoms with Crippen LogP contribution in [0, 0.1) is 0 Å². The van der Waals surface area contributed by atoms with Crippen LogP contribution in [0.15, 0.2) is 24.3 Å². The molecule has 1 rings (SSSR count). The monoisotopic (exact) mass is 224 g/mol. The van der Waals surface area contributed by atoms with Gasteiger partial charge in [-0.1, -0.05) is 12.1 Å². The first-order valence-electron chi connectivity index (χ1n) is 4.34. The lowest BCUT2D eigenvalue weighted by atomic mass is 10.1. The van der Waals surface area contributed by atoms with E-state index in [2.05, 4.69) is 0 Å². The van der Waals surface area contributed by atoms with E-state index >= 15 is 0 Å². The zero-order valence-corrected chi connectivity index (χ0v) is 7.69. The maximum absolute atomic E-state index is 12.1. The van der Waals surface area contributed by atoms with Crippen LogP contribution in [0.25, 0.3) is 0 Å². The van der Waals surface area contributed by atoms with Crippen molar-refractivity contribution in [2.75, 3.05) is 0 Å². The fraction of sp³-hybridized carbons (Fsp3) is 0.400. The van der Waals surface area contributed by atoms with Gasteiger partial charge in [0, 0.05) is 6.42 Å². The van der Waals surface area contributed by atoms with E-state index in [-0.39, 0.29) is 12.8 Å². The highest BCUT2D eigenvalue weighted by atomic mass is 19.4. The summed E-state index contributed by atoms with van der Waals surface area (Å²) in [6, 6.07) is 4.26. The Morgan fingerprint density at radius 1 is 1.00 bits per heavy atom. The third kappa shape index (κ3) is 3.85. The molecule has 0 N–H and O–H groups in total. The summed E-state index contributed by atoms with van der Waals surface area (Å²) in [5, 5.41) is 0. The lowest BCUT2D eigenvalue weighted by Gasteiger charge is -2.07. The fourth-order valence-electron chi connectivity index (χ4n) is 1.14. The van der Waals surface area contributed by atoms with Gasteiger partial charge in [0.1, 0.15) is 0 Å². The lowest BCUT2D eigenvalue weighted by Crippen LogP contribution is -2.04. The number of benzene rings is 1. The van der Waals surface area contributed by atoms with Gasteiger partial charge in [-0.05, 0) is 24.1 Å². The van der Waals surface area contributed by atoms with E-state index in [0.717, 1.165) is 12.1 Å². The Morgan fingerprint density at radius 2 is 1.53 bits per heavy atom. The Kier molecular flexibility index (Phi) is 3.66. The Hall–Kier alpha value is -1.13. The third-order valence-electron chi connectivity index (χ3n) is 1.93. The minimum absolute atomic E-state index is 0.0931. The molecule has 1 aromatic carbocycles. The van der Waals surface area contributed by atoms with Gasteiger partial charge in [0.15, 0.2) is 0 Å². The Bertz CT molecular complexity index is 299. The standard InChI is InChI=1S/C10H9F5/c11-9(12)6-3-7-1-4-8(5-2-7)10(13,14)15/h1-2,4-5,9H,3,6H2. The minimum Gasteiger partial charge on any atom is -0.211 e. The van der Waals surface area contributed by atoms with Gasteiger partial charge >= 0.3 is 6.18 Å². The van der Waals surface area contributed by atoms with Gasteiger partial charge in [0.25, 0.3) is 0 Å². The smallest absolute Gasteiger partial charge is 0.211 e. The molecule has 0 radical (unpaired) electrons. The average Bonchev–Trinajstić information content (AvgIpc) is 2.14. The summed E-state index contributed by atoms with van der Waals surface area (Å²) >= 11 is 0. The number of hydrogen-bond donors (Lipinski definition) is 0. The molecule has 0 fully saturated rings. The molecule has 0 aliphatic heterocycles. The lowest BCUT2D eigenvalue weighted by molar-refractivity contribution is -0.137. The van der Waals surface area contributed by atoms with Crippen molar-refractivity contribution in [3.05, 3.63) is 35.4 Å². The van der Waals surface area contributed by atoms with E-state index in [9.17, 15) is 22.0 Å². The number of rotatable bonds is 3. The second kappa shape index (κ2) is 4.59. The highest BCUT2D eigenvalue weighted by molar-refractivity contribution is 5.24. The first-order valence-corrected chi connectivity index (χ1v) is 4.34. The zero-order valence-electron chi connectivity index (χ0n) is 7.69. The Morgan fingerprint density at radius 3 is 1.93 bits per heavy atom. The highest BCUT2D eigenvalue weighted by Gasteiger charge is 2.29. The first kappa shape index (κ1) is 11.9. The molecule has 0 aliphatic carbocycles. The predicted molar refractivity (Wildman–Crippen MR) is 45.8 cm³/mol. The largest absolute Gasteiger partial charge is 0.416 e. The summed E-state index contributed by atoms with van der Waals surface area (Å²) in [6.07, 6.45) is -7.03. The predicted octanol–water partition coefficient (Wildman–Crippen LogP) is 3.90. The maximum Gasteiger partial charge on any atom is 0.416 e.